The van der Waals surface area contributed by atoms with Crippen LogP contribution in [0.4, 0.5) is 0 Å². The topological polar surface area (TPSA) is 75.6 Å². The summed E-state index contributed by atoms with van der Waals surface area (Å²) in [6.07, 6.45) is -0.826. The van der Waals surface area contributed by atoms with Crippen molar-refractivity contribution in [2.75, 3.05) is 0 Å². The zero-order valence-corrected chi connectivity index (χ0v) is 13.3. The van der Waals surface area contributed by atoms with E-state index in [0.717, 1.165) is 0 Å². The third-order valence-corrected chi connectivity index (χ3v) is 3.11. The maximum atomic E-state index is 12.1. The van der Waals surface area contributed by atoms with E-state index in [4.69, 9.17) is 16.3 Å². The predicted molar refractivity (Wildman–Crippen MR) is 80.6 cm³/mol. The number of hydrogen-bond donors (Lipinski definition) is 2. The van der Waals surface area contributed by atoms with Gasteiger partial charge in [-0.3, -0.25) is 4.79 Å². The summed E-state index contributed by atoms with van der Waals surface area (Å²) >= 11 is 5.84. The van der Waals surface area contributed by atoms with E-state index in [2.05, 4.69) is 5.32 Å². The maximum Gasteiger partial charge on any atom is 0.326 e. The van der Waals surface area contributed by atoms with E-state index in [1.807, 2.05) is 0 Å². The zero-order chi connectivity index (χ0) is 16.2. The van der Waals surface area contributed by atoms with Crippen LogP contribution >= 0.6 is 11.6 Å². The van der Waals surface area contributed by atoms with E-state index in [1.54, 1.807) is 52.0 Å². The molecule has 0 aliphatic rings. The zero-order valence-electron chi connectivity index (χ0n) is 12.5. The first-order valence-electron chi connectivity index (χ1n) is 6.56. The summed E-state index contributed by atoms with van der Waals surface area (Å²) in [6.45, 7) is 6.79. The molecule has 1 rings (SSSR count). The predicted octanol–water partition coefficient (Wildman–Crippen LogP) is 2.72. The SMILES string of the molecule is CC(Oc1cccc(Cl)c1)C(=O)N[C@@H](C(=O)O)C(C)(C)C. The summed E-state index contributed by atoms with van der Waals surface area (Å²) in [5, 5.41) is 12.2. The lowest BCUT2D eigenvalue weighted by molar-refractivity contribution is -0.146. The quantitative estimate of drug-likeness (QED) is 0.876. The van der Waals surface area contributed by atoms with Crippen LogP contribution in [0.5, 0.6) is 5.75 Å². The molecule has 0 aromatic heterocycles. The summed E-state index contributed by atoms with van der Waals surface area (Å²) < 4.78 is 5.46. The lowest BCUT2D eigenvalue weighted by atomic mass is 9.86. The van der Waals surface area contributed by atoms with Crippen molar-refractivity contribution in [1.29, 1.82) is 0 Å². The minimum absolute atomic E-state index is 0.452. The van der Waals surface area contributed by atoms with E-state index in [-0.39, 0.29) is 0 Å². The molecule has 1 unspecified atom stereocenters. The summed E-state index contributed by atoms with van der Waals surface area (Å²) in [7, 11) is 0. The van der Waals surface area contributed by atoms with Gasteiger partial charge in [0.2, 0.25) is 0 Å². The number of carboxylic acid groups (broad SMARTS) is 1. The Morgan fingerprint density at radius 2 is 1.95 bits per heavy atom. The van der Waals surface area contributed by atoms with Crippen LogP contribution in [0.3, 0.4) is 0 Å². The number of benzene rings is 1. The first-order valence-corrected chi connectivity index (χ1v) is 6.94. The third kappa shape index (κ3) is 5.27. The molecule has 116 valence electrons. The Morgan fingerprint density at radius 3 is 2.43 bits per heavy atom. The van der Waals surface area contributed by atoms with Crippen LogP contribution in [0.25, 0.3) is 0 Å². The summed E-state index contributed by atoms with van der Waals surface area (Å²) in [5.41, 5.74) is -0.600. The monoisotopic (exact) mass is 313 g/mol. The number of carbonyl (C=O) groups excluding carboxylic acids is 1. The van der Waals surface area contributed by atoms with Crippen LogP contribution < -0.4 is 10.1 Å². The highest BCUT2D eigenvalue weighted by molar-refractivity contribution is 6.30. The Morgan fingerprint density at radius 1 is 1.33 bits per heavy atom. The molecular formula is C15H20ClNO4. The van der Waals surface area contributed by atoms with Crippen molar-refractivity contribution in [2.24, 2.45) is 5.41 Å². The van der Waals surface area contributed by atoms with E-state index in [9.17, 15) is 14.7 Å². The van der Waals surface area contributed by atoms with Gasteiger partial charge in [0.05, 0.1) is 0 Å². The fraction of sp³-hybridized carbons (Fsp3) is 0.467. The second-order valence-electron chi connectivity index (χ2n) is 5.86. The van der Waals surface area contributed by atoms with Crippen LogP contribution in [-0.2, 0) is 9.59 Å². The molecule has 0 aliphatic heterocycles. The van der Waals surface area contributed by atoms with Crippen LogP contribution in [0.2, 0.25) is 5.02 Å². The van der Waals surface area contributed by atoms with E-state index < -0.39 is 29.4 Å². The molecule has 1 aromatic rings. The van der Waals surface area contributed by atoms with Gasteiger partial charge in [0.25, 0.3) is 5.91 Å². The Bertz CT molecular complexity index is 525. The molecule has 0 saturated heterocycles. The first kappa shape index (κ1) is 17.3. The molecule has 0 fully saturated rings. The highest BCUT2D eigenvalue weighted by Crippen LogP contribution is 2.21. The molecule has 0 heterocycles. The number of nitrogens with one attached hydrogen (secondary N) is 1. The molecule has 1 aromatic carbocycles. The number of carbonyl (C=O) groups is 2. The van der Waals surface area contributed by atoms with Crippen molar-refractivity contribution >= 4 is 23.5 Å². The average molecular weight is 314 g/mol. The highest BCUT2D eigenvalue weighted by atomic mass is 35.5. The Kier molecular flexibility index (Phi) is 5.61. The minimum atomic E-state index is -1.08. The largest absolute Gasteiger partial charge is 0.481 e. The number of aliphatic carboxylic acids is 1. The van der Waals surface area contributed by atoms with Crippen molar-refractivity contribution in [3.8, 4) is 5.75 Å². The van der Waals surface area contributed by atoms with Gasteiger partial charge in [0, 0.05) is 5.02 Å². The van der Waals surface area contributed by atoms with Gasteiger partial charge in [-0.05, 0) is 30.5 Å². The Labute approximate surface area is 129 Å². The fourth-order valence-corrected chi connectivity index (χ4v) is 1.89. The lowest BCUT2D eigenvalue weighted by Crippen LogP contribution is -2.52. The number of halogens is 1. The molecular weight excluding hydrogens is 294 g/mol. The van der Waals surface area contributed by atoms with Gasteiger partial charge in [0.15, 0.2) is 6.10 Å². The maximum absolute atomic E-state index is 12.1. The standard InChI is InChI=1S/C15H20ClNO4/c1-9(21-11-7-5-6-10(16)8-11)13(18)17-12(14(19)20)15(2,3)4/h5-9,12H,1-4H3,(H,17,18)(H,19,20)/t9?,12-/m0/s1. The van der Waals surface area contributed by atoms with Crippen LogP contribution in [0.15, 0.2) is 24.3 Å². The summed E-state index contributed by atoms with van der Waals surface area (Å²) in [6, 6.07) is 5.67. The van der Waals surface area contributed by atoms with E-state index >= 15 is 0 Å². The van der Waals surface area contributed by atoms with Gasteiger partial charge in [-0.25, -0.2) is 4.79 Å². The van der Waals surface area contributed by atoms with Gasteiger partial charge in [-0.2, -0.15) is 0 Å². The van der Waals surface area contributed by atoms with Crippen LogP contribution in [0.1, 0.15) is 27.7 Å². The first-order chi connectivity index (χ1) is 9.61. The van der Waals surface area contributed by atoms with E-state index in [1.165, 1.54) is 0 Å². The Hall–Kier alpha value is -1.75. The third-order valence-electron chi connectivity index (χ3n) is 2.88. The fourth-order valence-electron chi connectivity index (χ4n) is 1.71. The van der Waals surface area contributed by atoms with Gasteiger partial charge in [-0.1, -0.05) is 38.4 Å². The molecule has 2 atom stereocenters. The second kappa shape index (κ2) is 6.80. The second-order valence-corrected chi connectivity index (χ2v) is 6.30. The van der Waals surface area contributed by atoms with Gasteiger partial charge < -0.3 is 15.2 Å². The Balaban J connectivity index is 2.72. The van der Waals surface area contributed by atoms with Crippen molar-refractivity contribution in [1.82, 2.24) is 5.32 Å². The summed E-state index contributed by atoms with van der Waals surface area (Å²) in [4.78, 5) is 23.3. The number of hydrogen-bond acceptors (Lipinski definition) is 3. The number of carboxylic acids is 1. The molecule has 0 bridgehead atoms. The molecule has 0 radical (unpaired) electrons. The van der Waals surface area contributed by atoms with Crippen LogP contribution in [0, 0.1) is 5.41 Å². The lowest BCUT2D eigenvalue weighted by Gasteiger charge is -2.28. The summed E-state index contributed by atoms with van der Waals surface area (Å²) in [5.74, 6) is -1.11. The molecule has 6 heteroatoms. The minimum Gasteiger partial charge on any atom is -0.481 e. The van der Waals surface area contributed by atoms with Crippen molar-refractivity contribution in [3.05, 3.63) is 29.3 Å². The normalized spacial score (nSPS) is 14.1. The van der Waals surface area contributed by atoms with Crippen molar-refractivity contribution < 1.29 is 19.4 Å². The smallest absolute Gasteiger partial charge is 0.326 e. The van der Waals surface area contributed by atoms with Crippen molar-refractivity contribution in [2.45, 2.75) is 39.8 Å². The average Bonchev–Trinajstić information content (AvgIpc) is 2.33. The molecule has 0 saturated carbocycles. The molecule has 2 N–H and O–H groups in total. The molecule has 5 nitrogen and oxygen atoms in total. The van der Waals surface area contributed by atoms with E-state index in [0.29, 0.717) is 10.8 Å². The number of rotatable bonds is 5. The van der Waals surface area contributed by atoms with Gasteiger partial charge in [-0.15, -0.1) is 0 Å². The molecule has 21 heavy (non-hydrogen) atoms. The molecule has 1 amide bonds. The number of ether oxygens (including phenoxy) is 1. The molecule has 0 aliphatic carbocycles. The van der Waals surface area contributed by atoms with Gasteiger partial charge >= 0.3 is 5.97 Å². The van der Waals surface area contributed by atoms with Gasteiger partial charge in [0.1, 0.15) is 11.8 Å². The highest BCUT2D eigenvalue weighted by Gasteiger charge is 2.33. The van der Waals surface area contributed by atoms with Crippen molar-refractivity contribution in [3.63, 3.8) is 0 Å². The number of amides is 1. The van der Waals surface area contributed by atoms with Crippen LogP contribution in [-0.4, -0.2) is 29.1 Å². The molecule has 0 spiro atoms.